The summed E-state index contributed by atoms with van der Waals surface area (Å²) in [5, 5.41) is 5.54. The molecule has 4 heterocycles. The molecule has 1 amide bonds. The van der Waals surface area contributed by atoms with E-state index < -0.39 is 0 Å². The Bertz CT molecular complexity index is 1130. The lowest BCUT2D eigenvalue weighted by Gasteiger charge is -2.00. The van der Waals surface area contributed by atoms with E-state index in [4.69, 9.17) is 0 Å². The van der Waals surface area contributed by atoms with Crippen molar-refractivity contribution in [2.24, 2.45) is 0 Å². The molecule has 0 fully saturated rings. The van der Waals surface area contributed by atoms with E-state index in [1.54, 1.807) is 13.1 Å². The van der Waals surface area contributed by atoms with Crippen LogP contribution in [-0.2, 0) is 0 Å². The number of fused-ring (bicyclic) bond motifs is 1. The highest BCUT2D eigenvalue weighted by Gasteiger charge is 2.19. The molecule has 0 radical (unpaired) electrons. The van der Waals surface area contributed by atoms with E-state index in [2.05, 4.69) is 25.3 Å². The van der Waals surface area contributed by atoms with Gasteiger partial charge in [-0.1, -0.05) is 6.07 Å². The monoisotopic (exact) mass is 369 g/mol. The Kier molecular flexibility index (Phi) is 3.86. The van der Waals surface area contributed by atoms with Crippen LogP contribution in [-0.4, -0.2) is 25.8 Å². The lowest BCUT2D eigenvalue weighted by atomic mass is 10.2. The normalized spacial score (nSPS) is 10.9. The van der Waals surface area contributed by atoms with Crippen LogP contribution in [0.4, 0.5) is 5.13 Å². The number of rotatable bonds is 3. The number of amides is 1. The molecule has 0 saturated heterocycles. The average molecular weight is 369 g/mol. The number of carbonyl (C=O) groups is 1. The number of thiophene rings is 1. The second-order valence-electron chi connectivity index (χ2n) is 5.18. The molecule has 4 aromatic rings. The van der Waals surface area contributed by atoms with Gasteiger partial charge in [-0.25, -0.2) is 9.97 Å². The maximum Gasteiger partial charge on any atom is 0.267 e. The van der Waals surface area contributed by atoms with Gasteiger partial charge in [0, 0.05) is 11.6 Å². The highest BCUT2D eigenvalue weighted by Crippen LogP contribution is 2.28. The summed E-state index contributed by atoms with van der Waals surface area (Å²) < 4.78 is 0. The topological polar surface area (TPSA) is 101 Å². The van der Waals surface area contributed by atoms with Crippen molar-refractivity contribution in [1.82, 2.24) is 19.9 Å². The van der Waals surface area contributed by atoms with Gasteiger partial charge in [0.15, 0.2) is 5.13 Å². The van der Waals surface area contributed by atoms with Crippen LogP contribution in [0, 0.1) is 6.92 Å². The molecule has 0 saturated carbocycles. The average Bonchev–Trinajstić information content (AvgIpc) is 3.21. The lowest BCUT2D eigenvalue weighted by molar-refractivity contribution is 0.103. The molecule has 4 aromatic heterocycles. The minimum atomic E-state index is -0.304. The zero-order chi connectivity index (χ0) is 17.4. The second kappa shape index (κ2) is 6.19. The fourth-order valence-corrected chi connectivity index (χ4v) is 4.16. The van der Waals surface area contributed by atoms with Crippen molar-refractivity contribution in [3.05, 3.63) is 56.9 Å². The summed E-state index contributed by atoms with van der Waals surface area (Å²) >= 11 is 2.51. The number of nitrogens with one attached hydrogen (secondary N) is 2. The van der Waals surface area contributed by atoms with Gasteiger partial charge in [-0.3, -0.25) is 19.9 Å². The zero-order valence-corrected chi connectivity index (χ0v) is 14.6. The van der Waals surface area contributed by atoms with Crippen molar-refractivity contribution in [1.29, 1.82) is 0 Å². The minimum Gasteiger partial charge on any atom is -0.313 e. The number of thiazole rings is 1. The maximum atomic E-state index is 12.6. The van der Waals surface area contributed by atoms with Crippen molar-refractivity contribution >= 4 is 43.9 Å². The van der Waals surface area contributed by atoms with Gasteiger partial charge < -0.3 is 4.98 Å². The number of carbonyl (C=O) groups excluding carboxylic acids is 1. The first-order chi connectivity index (χ1) is 12.1. The van der Waals surface area contributed by atoms with Crippen molar-refractivity contribution < 1.29 is 4.79 Å². The predicted molar refractivity (Wildman–Crippen MR) is 98.3 cm³/mol. The molecule has 0 aromatic carbocycles. The molecular weight excluding hydrogens is 358 g/mol. The molecule has 0 aliphatic heterocycles. The molecule has 25 heavy (non-hydrogen) atoms. The van der Waals surface area contributed by atoms with Crippen LogP contribution in [0.25, 0.3) is 21.6 Å². The molecule has 0 bridgehead atoms. The quantitative estimate of drug-likeness (QED) is 0.578. The van der Waals surface area contributed by atoms with Gasteiger partial charge in [-0.2, -0.15) is 0 Å². The number of hydrogen-bond acceptors (Lipinski definition) is 7. The van der Waals surface area contributed by atoms with E-state index in [1.807, 2.05) is 23.6 Å². The van der Waals surface area contributed by atoms with Gasteiger partial charge in [0.05, 0.1) is 22.3 Å². The summed E-state index contributed by atoms with van der Waals surface area (Å²) in [7, 11) is 0. The van der Waals surface area contributed by atoms with Crippen LogP contribution < -0.4 is 10.9 Å². The molecule has 2 N–H and O–H groups in total. The van der Waals surface area contributed by atoms with Gasteiger partial charge in [0.1, 0.15) is 10.5 Å². The van der Waals surface area contributed by atoms with Crippen LogP contribution in [0.5, 0.6) is 0 Å². The van der Waals surface area contributed by atoms with Gasteiger partial charge >= 0.3 is 0 Å². The highest BCUT2D eigenvalue weighted by atomic mass is 32.1. The number of aryl methyl sites for hydroxylation is 1. The summed E-state index contributed by atoms with van der Waals surface area (Å²) in [6.45, 7) is 1.74. The van der Waals surface area contributed by atoms with Crippen molar-refractivity contribution in [3.63, 3.8) is 0 Å². The first-order valence-electron chi connectivity index (χ1n) is 7.28. The Morgan fingerprint density at radius 3 is 2.88 bits per heavy atom. The number of nitrogens with zero attached hydrogens (tertiary/aromatic N) is 3. The second-order valence-corrected chi connectivity index (χ2v) is 7.03. The Balaban J connectivity index is 1.63. The molecule has 124 valence electrons. The fourth-order valence-electron chi connectivity index (χ4n) is 2.41. The molecule has 0 aliphatic carbocycles. The van der Waals surface area contributed by atoms with E-state index in [1.165, 1.54) is 29.0 Å². The third-order valence-electron chi connectivity index (χ3n) is 3.59. The molecule has 0 aliphatic rings. The van der Waals surface area contributed by atoms with Crippen LogP contribution in [0.3, 0.4) is 0 Å². The van der Waals surface area contributed by atoms with Crippen LogP contribution >= 0.6 is 22.7 Å². The summed E-state index contributed by atoms with van der Waals surface area (Å²) in [4.78, 5) is 40.8. The van der Waals surface area contributed by atoms with Gasteiger partial charge in [-0.15, -0.1) is 22.7 Å². The summed E-state index contributed by atoms with van der Waals surface area (Å²) in [6.07, 6.45) is 3.03. The number of aromatic nitrogens is 4. The molecular formula is C16H11N5O2S2. The molecule has 0 spiro atoms. The number of anilines is 1. The molecule has 4 rings (SSSR count). The third kappa shape index (κ3) is 2.83. The maximum absolute atomic E-state index is 12.6. The summed E-state index contributed by atoms with van der Waals surface area (Å²) in [5.74, 6) is -0.304. The smallest absolute Gasteiger partial charge is 0.267 e. The fraction of sp³-hybridized carbons (Fsp3) is 0.0625. The zero-order valence-electron chi connectivity index (χ0n) is 12.9. The van der Waals surface area contributed by atoms with Crippen molar-refractivity contribution in [2.75, 3.05) is 5.32 Å². The summed E-state index contributed by atoms with van der Waals surface area (Å²) in [5.41, 5.74) is 1.82. The molecule has 7 nitrogen and oxygen atoms in total. The molecule has 9 heteroatoms. The summed E-state index contributed by atoms with van der Waals surface area (Å²) in [6, 6.07) is 5.57. The first kappa shape index (κ1) is 15.6. The Labute approximate surface area is 149 Å². The molecule has 0 atom stereocenters. The lowest BCUT2D eigenvalue weighted by Crippen LogP contribution is -2.12. The van der Waals surface area contributed by atoms with Crippen molar-refractivity contribution in [3.8, 4) is 11.4 Å². The third-order valence-corrected chi connectivity index (χ3v) is 5.55. The van der Waals surface area contributed by atoms with E-state index in [0.717, 1.165) is 5.69 Å². The van der Waals surface area contributed by atoms with Gasteiger partial charge in [-0.05, 0) is 24.6 Å². The largest absolute Gasteiger partial charge is 0.313 e. The number of aromatic amines is 1. The van der Waals surface area contributed by atoms with E-state index in [9.17, 15) is 9.59 Å². The Morgan fingerprint density at radius 2 is 2.12 bits per heavy atom. The Morgan fingerprint density at radius 1 is 1.24 bits per heavy atom. The van der Waals surface area contributed by atoms with Gasteiger partial charge in [0.2, 0.25) is 0 Å². The predicted octanol–water partition coefficient (Wildman–Crippen LogP) is 3.06. The van der Waals surface area contributed by atoms with E-state index in [-0.39, 0.29) is 11.5 Å². The standard InChI is InChI=1S/C16H11N5O2S2/c1-8-11-13(22)18-7-19-15(11)25-12(8)14(23)21-16-20-10(6-24-16)9-4-2-3-5-17-9/h2-7H,1H3,(H,18,19,22)(H,20,21,23). The minimum absolute atomic E-state index is 0.246. The molecule has 0 unspecified atom stereocenters. The first-order valence-corrected chi connectivity index (χ1v) is 8.98. The van der Waals surface area contributed by atoms with Crippen LogP contribution in [0.1, 0.15) is 15.2 Å². The van der Waals surface area contributed by atoms with Gasteiger partial charge in [0.25, 0.3) is 11.5 Å². The number of H-pyrrole nitrogens is 1. The highest BCUT2D eigenvalue weighted by molar-refractivity contribution is 7.21. The Hall–Kier alpha value is -2.91. The SMILES string of the molecule is Cc1c(C(=O)Nc2nc(-c3ccccn3)cs2)sc2nc[nH]c(=O)c12. The van der Waals surface area contributed by atoms with Crippen LogP contribution in [0.15, 0.2) is 40.9 Å². The van der Waals surface area contributed by atoms with Crippen molar-refractivity contribution in [2.45, 2.75) is 6.92 Å². The number of hydrogen-bond donors (Lipinski definition) is 2. The van der Waals surface area contributed by atoms with E-state index >= 15 is 0 Å². The van der Waals surface area contributed by atoms with Crippen LogP contribution in [0.2, 0.25) is 0 Å². The number of pyridine rings is 1. The van der Waals surface area contributed by atoms with E-state index in [0.29, 0.717) is 31.5 Å².